The Hall–Kier alpha value is -1.13. The minimum absolute atomic E-state index is 0.140. The highest BCUT2D eigenvalue weighted by Crippen LogP contribution is 2.33. The summed E-state index contributed by atoms with van der Waals surface area (Å²) in [6.07, 6.45) is 3.77. The first kappa shape index (κ1) is 13.8. The van der Waals surface area contributed by atoms with Crippen LogP contribution in [0.4, 0.5) is 10.1 Å². The van der Waals surface area contributed by atoms with Gasteiger partial charge in [-0.2, -0.15) is 0 Å². The lowest BCUT2D eigenvalue weighted by Gasteiger charge is -2.30. The van der Waals surface area contributed by atoms with Crippen molar-refractivity contribution in [2.24, 2.45) is 5.73 Å². The van der Waals surface area contributed by atoms with Gasteiger partial charge in [0.2, 0.25) is 0 Å². The predicted octanol–water partition coefficient (Wildman–Crippen LogP) is 2.52. The number of nitrogens with two attached hydrogens (primary N) is 1. The summed E-state index contributed by atoms with van der Waals surface area (Å²) in [6, 6.07) is 6.23. The first-order valence-corrected chi connectivity index (χ1v) is 7.58. The highest BCUT2D eigenvalue weighted by atomic mass is 19.1. The molecule has 0 amide bonds. The number of anilines is 1. The maximum atomic E-state index is 13.5. The fourth-order valence-corrected chi connectivity index (χ4v) is 3.71. The van der Waals surface area contributed by atoms with Gasteiger partial charge >= 0.3 is 0 Å². The Balaban J connectivity index is 1.89. The van der Waals surface area contributed by atoms with Gasteiger partial charge < -0.3 is 10.6 Å². The number of nitrogens with zero attached hydrogens (tertiary/aromatic N) is 2. The second-order valence-electron chi connectivity index (χ2n) is 6.28. The molecule has 3 nitrogen and oxygen atoms in total. The molecule has 2 bridgehead atoms. The van der Waals surface area contributed by atoms with Crippen LogP contribution in [0.2, 0.25) is 0 Å². The Morgan fingerprint density at radius 1 is 1.25 bits per heavy atom. The Morgan fingerprint density at radius 2 is 2.00 bits per heavy atom. The highest BCUT2D eigenvalue weighted by molar-refractivity contribution is 5.55. The second kappa shape index (κ2) is 5.34. The van der Waals surface area contributed by atoms with Gasteiger partial charge in [-0.05, 0) is 57.0 Å². The first-order chi connectivity index (χ1) is 9.56. The third kappa shape index (κ3) is 2.42. The van der Waals surface area contributed by atoms with Crippen LogP contribution in [0.1, 0.15) is 37.8 Å². The molecule has 2 aliphatic heterocycles. The summed E-state index contributed by atoms with van der Waals surface area (Å²) in [5, 5.41) is 0. The van der Waals surface area contributed by atoms with Crippen LogP contribution in [0.5, 0.6) is 0 Å². The van der Waals surface area contributed by atoms with Crippen molar-refractivity contribution >= 4 is 5.69 Å². The van der Waals surface area contributed by atoms with Crippen molar-refractivity contribution in [2.45, 2.75) is 44.3 Å². The van der Waals surface area contributed by atoms with E-state index in [1.807, 2.05) is 13.0 Å². The topological polar surface area (TPSA) is 32.5 Å². The zero-order valence-corrected chi connectivity index (χ0v) is 12.3. The zero-order valence-electron chi connectivity index (χ0n) is 12.3. The van der Waals surface area contributed by atoms with E-state index in [2.05, 4.69) is 16.8 Å². The number of benzene rings is 1. The third-order valence-electron chi connectivity index (χ3n) is 4.97. The number of fused-ring (bicyclic) bond motifs is 2. The lowest BCUT2D eigenvalue weighted by molar-refractivity contribution is 0.254. The fraction of sp³-hybridized carbons (Fsp3) is 0.625. The summed E-state index contributed by atoms with van der Waals surface area (Å²) in [4.78, 5) is 4.92. The zero-order chi connectivity index (χ0) is 14.3. The molecule has 1 aromatic carbocycles. The second-order valence-corrected chi connectivity index (χ2v) is 6.28. The standard InChI is InChI=1S/C16H24FN3/c1-11(18)15-9-12(17)3-6-16(15)20-8-7-13-4-5-14(10-20)19(13)2/h3,6,9,11,13-14H,4-5,7-8,10,18H2,1-2H3. The summed E-state index contributed by atoms with van der Waals surface area (Å²) in [5.41, 5.74) is 8.06. The van der Waals surface area contributed by atoms with Crippen molar-refractivity contribution < 1.29 is 4.39 Å². The van der Waals surface area contributed by atoms with Gasteiger partial charge in [0.25, 0.3) is 0 Å². The molecule has 0 spiro atoms. The number of halogens is 1. The molecule has 3 atom stereocenters. The molecule has 2 fully saturated rings. The van der Waals surface area contributed by atoms with Crippen LogP contribution in [-0.4, -0.2) is 37.1 Å². The van der Waals surface area contributed by atoms with Crippen molar-refractivity contribution in [1.29, 1.82) is 0 Å². The van der Waals surface area contributed by atoms with Gasteiger partial charge in [0.05, 0.1) is 0 Å². The van der Waals surface area contributed by atoms with E-state index >= 15 is 0 Å². The van der Waals surface area contributed by atoms with E-state index in [-0.39, 0.29) is 11.9 Å². The molecule has 4 heteroatoms. The Morgan fingerprint density at radius 3 is 2.75 bits per heavy atom. The quantitative estimate of drug-likeness (QED) is 0.901. The average Bonchev–Trinajstić information content (AvgIpc) is 2.64. The van der Waals surface area contributed by atoms with Gasteiger partial charge in [-0.3, -0.25) is 4.90 Å². The smallest absolute Gasteiger partial charge is 0.123 e. The van der Waals surface area contributed by atoms with Gasteiger partial charge in [-0.15, -0.1) is 0 Å². The largest absolute Gasteiger partial charge is 0.370 e. The van der Waals surface area contributed by atoms with E-state index < -0.39 is 0 Å². The normalized spacial score (nSPS) is 28.5. The fourth-order valence-electron chi connectivity index (χ4n) is 3.71. The summed E-state index contributed by atoms with van der Waals surface area (Å²) in [6.45, 7) is 3.99. The van der Waals surface area contributed by atoms with E-state index in [4.69, 9.17) is 5.73 Å². The van der Waals surface area contributed by atoms with E-state index in [9.17, 15) is 4.39 Å². The van der Waals surface area contributed by atoms with Crippen LogP contribution in [0.25, 0.3) is 0 Å². The first-order valence-electron chi connectivity index (χ1n) is 7.58. The van der Waals surface area contributed by atoms with Gasteiger partial charge in [-0.25, -0.2) is 4.39 Å². The van der Waals surface area contributed by atoms with Gasteiger partial charge in [0, 0.05) is 36.9 Å². The molecule has 0 aliphatic carbocycles. The molecule has 3 unspecified atom stereocenters. The van der Waals surface area contributed by atoms with Gasteiger partial charge in [0.1, 0.15) is 5.82 Å². The highest BCUT2D eigenvalue weighted by Gasteiger charge is 2.35. The summed E-state index contributed by atoms with van der Waals surface area (Å²) >= 11 is 0. The number of hydrogen-bond donors (Lipinski definition) is 1. The van der Waals surface area contributed by atoms with Crippen molar-refractivity contribution in [1.82, 2.24) is 4.90 Å². The minimum atomic E-state index is -0.200. The van der Waals surface area contributed by atoms with Crippen LogP contribution in [0.15, 0.2) is 18.2 Å². The molecule has 0 aromatic heterocycles. The third-order valence-corrected chi connectivity index (χ3v) is 4.97. The molecule has 2 heterocycles. The van der Waals surface area contributed by atoms with Crippen molar-refractivity contribution in [3.8, 4) is 0 Å². The molecular weight excluding hydrogens is 253 g/mol. The molecule has 20 heavy (non-hydrogen) atoms. The lowest BCUT2D eigenvalue weighted by atomic mass is 10.0. The predicted molar refractivity (Wildman–Crippen MR) is 80.4 cm³/mol. The van der Waals surface area contributed by atoms with Crippen LogP contribution >= 0.6 is 0 Å². The Bertz CT molecular complexity index is 489. The Labute approximate surface area is 120 Å². The average molecular weight is 277 g/mol. The number of rotatable bonds is 2. The maximum absolute atomic E-state index is 13.5. The van der Waals surface area contributed by atoms with Crippen LogP contribution < -0.4 is 10.6 Å². The van der Waals surface area contributed by atoms with Crippen molar-refractivity contribution in [3.05, 3.63) is 29.6 Å². The lowest BCUT2D eigenvalue weighted by Crippen LogP contribution is -2.37. The van der Waals surface area contributed by atoms with E-state index in [1.165, 1.54) is 19.3 Å². The molecule has 110 valence electrons. The van der Waals surface area contributed by atoms with Gasteiger partial charge in [-0.1, -0.05) is 0 Å². The van der Waals surface area contributed by atoms with Crippen LogP contribution in [0, 0.1) is 5.82 Å². The molecule has 0 saturated carbocycles. The maximum Gasteiger partial charge on any atom is 0.123 e. The molecule has 3 rings (SSSR count). The van der Waals surface area contributed by atoms with E-state index in [1.54, 1.807) is 12.1 Å². The number of likely N-dealkylation sites (N-methyl/N-ethyl adjacent to an activating group) is 1. The summed E-state index contributed by atoms with van der Waals surface area (Å²) in [5.74, 6) is -0.200. The molecule has 2 N–H and O–H groups in total. The Kier molecular flexibility index (Phi) is 3.69. The summed E-state index contributed by atoms with van der Waals surface area (Å²) in [7, 11) is 2.24. The van der Waals surface area contributed by atoms with Gasteiger partial charge in [0.15, 0.2) is 0 Å². The molecular formula is C16H24FN3. The summed E-state index contributed by atoms with van der Waals surface area (Å²) < 4.78 is 13.5. The molecule has 1 aromatic rings. The van der Waals surface area contributed by atoms with E-state index in [0.717, 1.165) is 24.3 Å². The molecule has 2 aliphatic rings. The van der Waals surface area contributed by atoms with Crippen molar-refractivity contribution in [2.75, 3.05) is 25.0 Å². The number of hydrogen-bond acceptors (Lipinski definition) is 3. The van der Waals surface area contributed by atoms with E-state index in [0.29, 0.717) is 12.1 Å². The molecule has 0 radical (unpaired) electrons. The molecule has 2 saturated heterocycles. The SMILES string of the molecule is CC(N)c1cc(F)ccc1N1CCC2CCC(C1)N2C. The minimum Gasteiger partial charge on any atom is -0.370 e. The van der Waals surface area contributed by atoms with Crippen LogP contribution in [0.3, 0.4) is 0 Å². The van der Waals surface area contributed by atoms with Crippen molar-refractivity contribution in [3.63, 3.8) is 0 Å². The van der Waals surface area contributed by atoms with Crippen LogP contribution in [-0.2, 0) is 0 Å². The monoisotopic (exact) mass is 277 g/mol.